The molecule has 152 valence electrons. The van der Waals surface area contributed by atoms with Gasteiger partial charge in [-0.2, -0.15) is 0 Å². The SMILES string of the molecule is CCCCOc1ccc2ccccc2c1/C=C1/SC(=S)N(c2ccc(Cl)cc2)C1=O. The lowest BCUT2D eigenvalue weighted by Crippen LogP contribution is -2.27. The second-order valence-corrected chi connectivity index (χ2v) is 9.01. The Morgan fingerprint density at radius 3 is 2.63 bits per heavy atom. The first kappa shape index (κ1) is 20.9. The molecule has 6 heteroatoms. The fourth-order valence-corrected chi connectivity index (χ4v) is 4.70. The summed E-state index contributed by atoms with van der Waals surface area (Å²) in [5.74, 6) is 0.638. The quantitative estimate of drug-likeness (QED) is 0.226. The van der Waals surface area contributed by atoms with Gasteiger partial charge < -0.3 is 4.74 Å². The molecule has 1 amide bonds. The number of rotatable bonds is 6. The van der Waals surface area contributed by atoms with Crippen LogP contribution < -0.4 is 9.64 Å². The molecule has 30 heavy (non-hydrogen) atoms. The lowest BCUT2D eigenvalue weighted by Gasteiger charge is -2.14. The van der Waals surface area contributed by atoms with E-state index in [2.05, 4.69) is 13.0 Å². The van der Waals surface area contributed by atoms with E-state index in [1.807, 2.05) is 36.4 Å². The maximum atomic E-state index is 13.2. The molecular formula is C24H20ClNO2S2. The average Bonchev–Trinajstić information content (AvgIpc) is 3.03. The average molecular weight is 454 g/mol. The van der Waals surface area contributed by atoms with Crippen molar-refractivity contribution in [2.24, 2.45) is 0 Å². The van der Waals surface area contributed by atoms with Crippen LogP contribution in [-0.2, 0) is 4.79 Å². The van der Waals surface area contributed by atoms with Gasteiger partial charge in [0.2, 0.25) is 0 Å². The zero-order valence-corrected chi connectivity index (χ0v) is 18.8. The fraction of sp³-hybridized carbons (Fsp3) is 0.167. The van der Waals surface area contributed by atoms with Gasteiger partial charge in [-0.15, -0.1) is 0 Å². The van der Waals surface area contributed by atoms with Gasteiger partial charge in [0.1, 0.15) is 5.75 Å². The van der Waals surface area contributed by atoms with Crippen LogP contribution >= 0.6 is 35.6 Å². The third kappa shape index (κ3) is 4.24. The van der Waals surface area contributed by atoms with Gasteiger partial charge in [-0.05, 0) is 53.6 Å². The minimum Gasteiger partial charge on any atom is -0.493 e. The molecule has 1 saturated heterocycles. The summed E-state index contributed by atoms with van der Waals surface area (Å²) in [7, 11) is 0. The summed E-state index contributed by atoms with van der Waals surface area (Å²) in [6.45, 7) is 2.77. The van der Waals surface area contributed by atoms with E-state index in [1.54, 1.807) is 29.2 Å². The first-order valence-electron chi connectivity index (χ1n) is 9.76. The maximum absolute atomic E-state index is 13.2. The number of amides is 1. The van der Waals surface area contributed by atoms with E-state index in [0.29, 0.717) is 26.5 Å². The van der Waals surface area contributed by atoms with Crippen LogP contribution in [0, 0.1) is 0 Å². The number of hydrogen-bond donors (Lipinski definition) is 0. The molecule has 0 spiro atoms. The van der Waals surface area contributed by atoms with E-state index in [-0.39, 0.29) is 5.91 Å². The Morgan fingerprint density at radius 2 is 1.87 bits per heavy atom. The Kier molecular flexibility index (Phi) is 6.42. The molecule has 1 fully saturated rings. The number of carbonyl (C=O) groups excluding carboxylic acids is 1. The molecule has 1 aliphatic heterocycles. The molecule has 1 aliphatic rings. The minimum absolute atomic E-state index is 0.139. The van der Waals surface area contributed by atoms with Gasteiger partial charge in [0.15, 0.2) is 4.32 Å². The topological polar surface area (TPSA) is 29.5 Å². The van der Waals surface area contributed by atoms with E-state index in [1.165, 1.54) is 11.8 Å². The van der Waals surface area contributed by atoms with Gasteiger partial charge >= 0.3 is 0 Å². The zero-order valence-electron chi connectivity index (χ0n) is 16.4. The molecule has 3 nitrogen and oxygen atoms in total. The highest BCUT2D eigenvalue weighted by Gasteiger charge is 2.33. The minimum atomic E-state index is -0.139. The predicted octanol–water partition coefficient (Wildman–Crippen LogP) is 7.08. The molecule has 0 atom stereocenters. The Bertz CT molecular complexity index is 1140. The van der Waals surface area contributed by atoms with Crippen molar-refractivity contribution in [3.05, 3.63) is 76.2 Å². The smallest absolute Gasteiger partial charge is 0.270 e. The van der Waals surface area contributed by atoms with Crippen molar-refractivity contribution in [2.75, 3.05) is 11.5 Å². The lowest BCUT2D eigenvalue weighted by atomic mass is 10.0. The van der Waals surface area contributed by atoms with E-state index >= 15 is 0 Å². The lowest BCUT2D eigenvalue weighted by molar-refractivity contribution is -0.113. The second-order valence-electron chi connectivity index (χ2n) is 6.89. The van der Waals surface area contributed by atoms with Crippen LogP contribution in [0.4, 0.5) is 5.69 Å². The summed E-state index contributed by atoms with van der Waals surface area (Å²) in [5.41, 5.74) is 1.61. The highest BCUT2D eigenvalue weighted by molar-refractivity contribution is 8.27. The summed E-state index contributed by atoms with van der Waals surface area (Å²) in [6.07, 6.45) is 3.94. The third-order valence-corrected chi connectivity index (χ3v) is 6.39. The van der Waals surface area contributed by atoms with Crippen molar-refractivity contribution in [3.8, 4) is 5.75 Å². The van der Waals surface area contributed by atoms with E-state index in [9.17, 15) is 4.79 Å². The van der Waals surface area contributed by atoms with Crippen LogP contribution in [0.5, 0.6) is 5.75 Å². The molecule has 0 aliphatic carbocycles. The molecule has 0 bridgehead atoms. The first-order valence-corrected chi connectivity index (χ1v) is 11.4. The highest BCUT2D eigenvalue weighted by Crippen LogP contribution is 2.39. The van der Waals surface area contributed by atoms with Crippen LogP contribution in [-0.4, -0.2) is 16.8 Å². The number of fused-ring (bicyclic) bond motifs is 1. The van der Waals surface area contributed by atoms with Gasteiger partial charge in [-0.25, -0.2) is 0 Å². The van der Waals surface area contributed by atoms with Crippen molar-refractivity contribution >= 4 is 68.3 Å². The molecule has 0 unspecified atom stereocenters. The fourth-order valence-electron chi connectivity index (χ4n) is 3.29. The van der Waals surface area contributed by atoms with Gasteiger partial charge in [0, 0.05) is 10.6 Å². The van der Waals surface area contributed by atoms with Crippen LogP contribution in [0.3, 0.4) is 0 Å². The van der Waals surface area contributed by atoms with Crippen LogP contribution in [0.25, 0.3) is 16.8 Å². The predicted molar refractivity (Wildman–Crippen MR) is 131 cm³/mol. The molecule has 3 aromatic rings. The summed E-state index contributed by atoms with van der Waals surface area (Å²) < 4.78 is 6.56. The van der Waals surface area contributed by atoms with Gasteiger partial charge in [0.25, 0.3) is 5.91 Å². The normalized spacial score (nSPS) is 15.4. The van der Waals surface area contributed by atoms with E-state index in [0.717, 1.165) is 34.9 Å². The number of thiocarbonyl (C=S) groups is 1. The first-order chi connectivity index (χ1) is 14.6. The Morgan fingerprint density at radius 1 is 1.10 bits per heavy atom. The number of benzene rings is 3. The Balaban J connectivity index is 1.75. The number of halogens is 1. The second kappa shape index (κ2) is 9.21. The van der Waals surface area contributed by atoms with Crippen molar-refractivity contribution in [1.29, 1.82) is 0 Å². The maximum Gasteiger partial charge on any atom is 0.270 e. The molecule has 0 radical (unpaired) electrons. The van der Waals surface area contributed by atoms with E-state index in [4.69, 9.17) is 28.6 Å². The zero-order chi connectivity index (χ0) is 21.1. The number of anilines is 1. The largest absolute Gasteiger partial charge is 0.493 e. The number of unbranched alkanes of at least 4 members (excludes halogenated alkanes) is 1. The molecule has 0 saturated carbocycles. The van der Waals surface area contributed by atoms with Crippen molar-refractivity contribution < 1.29 is 9.53 Å². The summed E-state index contributed by atoms with van der Waals surface area (Å²) >= 11 is 12.8. The third-order valence-electron chi connectivity index (χ3n) is 4.84. The van der Waals surface area contributed by atoms with Crippen molar-refractivity contribution in [1.82, 2.24) is 0 Å². The molecule has 0 aromatic heterocycles. The van der Waals surface area contributed by atoms with Crippen molar-refractivity contribution in [2.45, 2.75) is 19.8 Å². The number of thioether (sulfide) groups is 1. The summed E-state index contributed by atoms with van der Waals surface area (Å²) in [5, 5.41) is 2.76. The molecule has 0 N–H and O–H groups in total. The summed E-state index contributed by atoms with van der Waals surface area (Å²) in [6, 6.07) is 19.2. The Hall–Kier alpha value is -2.34. The van der Waals surface area contributed by atoms with Gasteiger partial charge in [0.05, 0.1) is 17.2 Å². The number of hydrogen-bond acceptors (Lipinski definition) is 4. The number of nitrogens with zero attached hydrogens (tertiary/aromatic N) is 1. The molecule has 4 rings (SSSR count). The summed E-state index contributed by atoms with van der Waals surface area (Å²) in [4.78, 5) is 15.3. The van der Waals surface area contributed by atoms with Gasteiger partial charge in [-0.1, -0.05) is 79.3 Å². The van der Waals surface area contributed by atoms with Crippen LogP contribution in [0.15, 0.2) is 65.6 Å². The van der Waals surface area contributed by atoms with Crippen molar-refractivity contribution in [3.63, 3.8) is 0 Å². The number of carbonyl (C=O) groups is 1. The standard InChI is InChI=1S/C24H20ClNO2S2/c1-2-3-14-28-21-13-8-16-6-4-5-7-19(16)20(21)15-22-23(27)26(24(29)30-22)18-11-9-17(25)10-12-18/h4-13,15H,2-3,14H2,1H3/b22-15+. The monoisotopic (exact) mass is 453 g/mol. The van der Waals surface area contributed by atoms with Gasteiger partial charge in [-0.3, -0.25) is 9.69 Å². The van der Waals surface area contributed by atoms with Crippen LogP contribution in [0.2, 0.25) is 5.02 Å². The molecule has 3 aromatic carbocycles. The number of ether oxygens (including phenoxy) is 1. The Labute approximate surface area is 190 Å². The molecule has 1 heterocycles. The van der Waals surface area contributed by atoms with Crippen LogP contribution in [0.1, 0.15) is 25.3 Å². The van der Waals surface area contributed by atoms with E-state index < -0.39 is 0 Å². The molecular weight excluding hydrogens is 434 g/mol. The highest BCUT2D eigenvalue weighted by atomic mass is 35.5.